The smallest absolute Gasteiger partial charge is 0.230 e. The standard InChI is InChI=1S/C18H25N3OS/c1-13-16(11-19-17(22)12-23-18(3,4)5)14(2)21(20-13)15-9-7-6-8-10-15/h6-10H,11-12H2,1-5H3,(H,19,22). The molecule has 0 atom stereocenters. The fourth-order valence-corrected chi connectivity index (χ4v) is 2.94. The van der Waals surface area contributed by atoms with Crippen molar-refractivity contribution in [1.29, 1.82) is 0 Å². The van der Waals surface area contributed by atoms with Crippen LogP contribution in [-0.4, -0.2) is 26.2 Å². The SMILES string of the molecule is Cc1nn(-c2ccccc2)c(C)c1CNC(=O)CSC(C)(C)C. The maximum atomic E-state index is 12.0. The molecule has 1 aromatic heterocycles. The molecule has 0 aliphatic rings. The highest BCUT2D eigenvalue weighted by Crippen LogP contribution is 2.22. The molecule has 0 bridgehead atoms. The normalized spacial score (nSPS) is 11.5. The second-order valence-electron chi connectivity index (χ2n) is 6.57. The van der Waals surface area contributed by atoms with Gasteiger partial charge in [-0.15, -0.1) is 11.8 Å². The number of para-hydroxylation sites is 1. The van der Waals surface area contributed by atoms with E-state index in [1.807, 2.05) is 48.9 Å². The lowest BCUT2D eigenvalue weighted by Crippen LogP contribution is -2.27. The van der Waals surface area contributed by atoms with Crippen LogP contribution in [0.5, 0.6) is 0 Å². The molecule has 1 aromatic carbocycles. The molecule has 0 saturated heterocycles. The van der Waals surface area contributed by atoms with E-state index in [0.717, 1.165) is 22.6 Å². The average molecular weight is 331 g/mol. The summed E-state index contributed by atoms with van der Waals surface area (Å²) in [5, 5.41) is 7.61. The Bertz CT molecular complexity index is 672. The zero-order chi connectivity index (χ0) is 17.0. The molecule has 0 aliphatic heterocycles. The van der Waals surface area contributed by atoms with Gasteiger partial charge >= 0.3 is 0 Å². The summed E-state index contributed by atoms with van der Waals surface area (Å²) in [6, 6.07) is 10.0. The predicted octanol–water partition coefficient (Wildman–Crippen LogP) is 3.64. The van der Waals surface area contributed by atoms with Crippen molar-refractivity contribution in [2.24, 2.45) is 0 Å². The quantitative estimate of drug-likeness (QED) is 0.910. The van der Waals surface area contributed by atoms with Crippen LogP contribution in [-0.2, 0) is 11.3 Å². The van der Waals surface area contributed by atoms with Crippen LogP contribution in [0.15, 0.2) is 30.3 Å². The molecular weight excluding hydrogens is 306 g/mol. The van der Waals surface area contributed by atoms with Crippen molar-refractivity contribution in [3.05, 3.63) is 47.3 Å². The first-order valence-corrected chi connectivity index (χ1v) is 8.77. The Balaban J connectivity index is 2.04. The summed E-state index contributed by atoms with van der Waals surface area (Å²) in [7, 11) is 0. The van der Waals surface area contributed by atoms with E-state index in [2.05, 4.69) is 31.2 Å². The van der Waals surface area contributed by atoms with Gasteiger partial charge in [0.2, 0.25) is 5.91 Å². The largest absolute Gasteiger partial charge is 0.351 e. The van der Waals surface area contributed by atoms with Gasteiger partial charge in [0, 0.05) is 22.5 Å². The molecule has 5 heteroatoms. The van der Waals surface area contributed by atoms with Gasteiger partial charge in [-0.25, -0.2) is 4.68 Å². The summed E-state index contributed by atoms with van der Waals surface area (Å²) in [4.78, 5) is 12.0. The molecule has 0 aliphatic carbocycles. The van der Waals surface area contributed by atoms with Crippen molar-refractivity contribution >= 4 is 17.7 Å². The van der Waals surface area contributed by atoms with Gasteiger partial charge in [-0.3, -0.25) is 4.79 Å². The van der Waals surface area contributed by atoms with Gasteiger partial charge < -0.3 is 5.32 Å². The van der Waals surface area contributed by atoms with Crippen molar-refractivity contribution in [1.82, 2.24) is 15.1 Å². The molecule has 1 heterocycles. The molecule has 2 aromatic rings. The Morgan fingerprint density at radius 2 is 1.87 bits per heavy atom. The van der Waals surface area contributed by atoms with E-state index >= 15 is 0 Å². The lowest BCUT2D eigenvalue weighted by Gasteiger charge is -2.17. The minimum atomic E-state index is 0.0659. The van der Waals surface area contributed by atoms with Crippen molar-refractivity contribution in [2.75, 3.05) is 5.75 Å². The lowest BCUT2D eigenvalue weighted by atomic mass is 10.2. The van der Waals surface area contributed by atoms with E-state index in [1.165, 1.54) is 0 Å². The van der Waals surface area contributed by atoms with E-state index in [1.54, 1.807) is 11.8 Å². The van der Waals surface area contributed by atoms with E-state index < -0.39 is 0 Å². The zero-order valence-corrected chi connectivity index (χ0v) is 15.3. The molecule has 0 unspecified atom stereocenters. The average Bonchev–Trinajstić information content (AvgIpc) is 2.78. The third-order valence-electron chi connectivity index (χ3n) is 3.54. The van der Waals surface area contributed by atoms with Gasteiger partial charge in [0.05, 0.1) is 17.1 Å². The van der Waals surface area contributed by atoms with Crippen LogP contribution >= 0.6 is 11.8 Å². The van der Waals surface area contributed by atoms with Crippen molar-refractivity contribution in [3.8, 4) is 5.69 Å². The summed E-state index contributed by atoms with van der Waals surface area (Å²) in [5.41, 5.74) is 4.14. The molecule has 4 nitrogen and oxygen atoms in total. The number of carbonyl (C=O) groups is 1. The number of benzene rings is 1. The molecule has 23 heavy (non-hydrogen) atoms. The van der Waals surface area contributed by atoms with E-state index in [9.17, 15) is 4.79 Å². The first-order chi connectivity index (χ1) is 10.8. The monoisotopic (exact) mass is 331 g/mol. The third-order valence-corrected chi connectivity index (χ3v) is 4.81. The Kier molecular flexibility index (Phi) is 5.52. The maximum absolute atomic E-state index is 12.0. The number of rotatable bonds is 5. The number of nitrogens with zero attached hydrogens (tertiary/aromatic N) is 2. The molecule has 1 N–H and O–H groups in total. The van der Waals surface area contributed by atoms with E-state index in [0.29, 0.717) is 12.3 Å². The number of aromatic nitrogens is 2. The van der Waals surface area contributed by atoms with Crippen molar-refractivity contribution in [3.63, 3.8) is 0 Å². The minimum Gasteiger partial charge on any atom is -0.351 e. The van der Waals surface area contributed by atoms with Gasteiger partial charge in [-0.05, 0) is 26.0 Å². The molecule has 2 rings (SSSR count). The van der Waals surface area contributed by atoms with Crippen LogP contribution in [0, 0.1) is 13.8 Å². The van der Waals surface area contributed by atoms with Gasteiger partial charge in [0.25, 0.3) is 0 Å². The van der Waals surface area contributed by atoms with Crippen LogP contribution in [0.3, 0.4) is 0 Å². The van der Waals surface area contributed by atoms with E-state index in [-0.39, 0.29) is 10.7 Å². The van der Waals surface area contributed by atoms with Crippen LogP contribution in [0.4, 0.5) is 0 Å². The molecule has 0 fully saturated rings. The third kappa shape index (κ3) is 4.86. The Hall–Kier alpha value is -1.75. The Morgan fingerprint density at radius 3 is 2.48 bits per heavy atom. The highest BCUT2D eigenvalue weighted by atomic mass is 32.2. The number of amides is 1. The lowest BCUT2D eigenvalue weighted by molar-refractivity contribution is -0.118. The van der Waals surface area contributed by atoms with Crippen LogP contribution in [0.25, 0.3) is 5.69 Å². The Morgan fingerprint density at radius 1 is 1.22 bits per heavy atom. The fourth-order valence-electron chi connectivity index (χ4n) is 2.27. The molecular formula is C18H25N3OS. The minimum absolute atomic E-state index is 0.0659. The van der Waals surface area contributed by atoms with Gasteiger partial charge in [0.15, 0.2) is 0 Å². The molecule has 1 amide bonds. The fraction of sp³-hybridized carbons (Fsp3) is 0.444. The summed E-state index contributed by atoms with van der Waals surface area (Å²) in [5.74, 6) is 0.546. The topological polar surface area (TPSA) is 46.9 Å². The number of nitrogens with one attached hydrogen (secondary N) is 1. The summed E-state index contributed by atoms with van der Waals surface area (Å²) in [6.45, 7) is 10.9. The van der Waals surface area contributed by atoms with Crippen molar-refractivity contribution in [2.45, 2.75) is 45.9 Å². The van der Waals surface area contributed by atoms with Gasteiger partial charge in [0.1, 0.15) is 0 Å². The summed E-state index contributed by atoms with van der Waals surface area (Å²) >= 11 is 1.65. The maximum Gasteiger partial charge on any atom is 0.230 e. The number of hydrogen-bond acceptors (Lipinski definition) is 3. The zero-order valence-electron chi connectivity index (χ0n) is 14.5. The van der Waals surface area contributed by atoms with Crippen LogP contribution in [0.2, 0.25) is 0 Å². The molecule has 0 spiro atoms. The summed E-state index contributed by atoms with van der Waals surface area (Å²) < 4.78 is 2.03. The van der Waals surface area contributed by atoms with Crippen molar-refractivity contribution < 1.29 is 4.79 Å². The highest BCUT2D eigenvalue weighted by molar-refractivity contribution is 8.01. The number of carbonyl (C=O) groups excluding carboxylic acids is 1. The van der Waals surface area contributed by atoms with Gasteiger partial charge in [-0.1, -0.05) is 39.0 Å². The summed E-state index contributed by atoms with van der Waals surface area (Å²) in [6.07, 6.45) is 0. The molecule has 124 valence electrons. The Labute approximate surface area is 142 Å². The van der Waals surface area contributed by atoms with Crippen LogP contribution in [0.1, 0.15) is 37.7 Å². The molecule has 0 radical (unpaired) electrons. The second-order valence-corrected chi connectivity index (χ2v) is 8.38. The first-order valence-electron chi connectivity index (χ1n) is 7.79. The molecule has 0 saturated carbocycles. The predicted molar refractivity (Wildman–Crippen MR) is 97.1 cm³/mol. The second kappa shape index (κ2) is 7.21. The number of thioether (sulfide) groups is 1. The number of aryl methyl sites for hydroxylation is 1. The van der Waals surface area contributed by atoms with Crippen LogP contribution < -0.4 is 5.32 Å². The first kappa shape index (κ1) is 17.6. The van der Waals surface area contributed by atoms with E-state index in [4.69, 9.17) is 0 Å². The highest BCUT2D eigenvalue weighted by Gasteiger charge is 2.16. The number of hydrogen-bond donors (Lipinski definition) is 1. The van der Waals surface area contributed by atoms with Gasteiger partial charge in [-0.2, -0.15) is 5.10 Å².